The molecule has 0 aliphatic carbocycles. The van der Waals surface area contributed by atoms with Crippen molar-refractivity contribution < 1.29 is 9.90 Å². The zero-order valence-electron chi connectivity index (χ0n) is 13.2. The lowest BCUT2D eigenvalue weighted by molar-refractivity contribution is 0.210. The molecule has 0 aliphatic heterocycles. The molecule has 0 aromatic heterocycles. The monoisotopic (exact) mass is 359 g/mol. The fraction of sp³-hybridized carbons (Fsp3) is 0.118. The Hall–Kier alpha value is -2.27. The van der Waals surface area contributed by atoms with Gasteiger partial charge in [0.15, 0.2) is 0 Å². The molecule has 124 valence electrons. The first-order chi connectivity index (χ1) is 11.5. The van der Waals surface area contributed by atoms with Crippen molar-refractivity contribution >= 4 is 39.2 Å². The van der Waals surface area contributed by atoms with Crippen LogP contribution in [0, 0.1) is 11.8 Å². The second kappa shape index (κ2) is 8.55. The lowest BCUT2D eigenvalue weighted by Gasteiger charge is -2.12. The highest BCUT2D eigenvalue weighted by Gasteiger charge is 2.10. The van der Waals surface area contributed by atoms with E-state index in [1.165, 1.54) is 21.8 Å². The normalized spacial score (nSPS) is 10.1. The smallest absolute Gasteiger partial charge is 0.409 e. The third kappa shape index (κ3) is 5.42. The molecule has 24 heavy (non-hydrogen) atoms. The minimum absolute atomic E-state index is 0.342. The van der Waals surface area contributed by atoms with E-state index in [4.69, 9.17) is 10.8 Å². The number of amides is 1. The van der Waals surface area contributed by atoms with Gasteiger partial charge in [0.25, 0.3) is 0 Å². The average Bonchev–Trinajstić information content (AvgIpc) is 2.54. The molecule has 7 heteroatoms. The van der Waals surface area contributed by atoms with E-state index in [-0.39, 0.29) is 0 Å². The van der Waals surface area contributed by atoms with Crippen LogP contribution < -0.4 is 11.1 Å². The number of hydrogen-bond acceptors (Lipinski definition) is 5. The maximum atomic E-state index is 10.9. The molecule has 1 amide bonds. The van der Waals surface area contributed by atoms with Crippen LogP contribution in [-0.2, 0) is 0 Å². The van der Waals surface area contributed by atoms with Gasteiger partial charge >= 0.3 is 6.09 Å². The van der Waals surface area contributed by atoms with Crippen LogP contribution >= 0.6 is 21.8 Å². The molecule has 0 spiro atoms. The standard InChI is InChI=1S/C17H17N3O2S2/c1-20(2)24-23-16-11-15(19-17(21)22)14(18)10-13(16)9-8-12-6-4-3-5-7-12/h3-7,10-11,19H,18H2,1-2H3,(H,21,22). The van der Waals surface area contributed by atoms with Crippen LogP contribution in [0.15, 0.2) is 47.4 Å². The Morgan fingerprint density at radius 1 is 1.21 bits per heavy atom. The van der Waals surface area contributed by atoms with Crippen molar-refractivity contribution in [1.29, 1.82) is 0 Å². The molecule has 2 rings (SSSR count). The van der Waals surface area contributed by atoms with Gasteiger partial charge in [-0.3, -0.25) is 5.32 Å². The Morgan fingerprint density at radius 2 is 1.92 bits per heavy atom. The summed E-state index contributed by atoms with van der Waals surface area (Å²) < 4.78 is 1.94. The Labute approximate surface area is 149 Å². The highest BCUT2D eigenvalue weighted by molar-refractivity contribution is 8.75. The van der Waals surface area contributed by atoms with E-state index in [0.29, 0.717) is 11.4 Å². The summed E-state index contributed by atoms with van der Waals surface area (Å²) in [5, 5.41) is 11.2. The Balaban J connectivity index is 2.39. The largest absolute Gasteiger partial charge is 0.465 e. The van der Waals surface area contributed by atoms with Crippen molar-refractivity contribution in [3.05, 3.63) is 53.6 Å². The summed E-state index contributed by atoms with van der Waals surface area (Å²) in [7, 11) is 6.87. The van der Waals surface area contributed by atoms with Crippen molar-refractivity contribution in [2.75, 3.05) is 25.1 Å². The Morgan fingerprint density at radius 3 is 2.54 bits per heavy atom. The minimum atomic E-state index is -1.15. The highest BCUT2D eigenvalue weighted by atomic mass is 33.1. The zero-order chi connectivity index (χ0) is 17.5. The Kier molecular flexibility index (Phi) is 6.44. The van der Waals surface area contributed by atoms with Crippen LogP contribution in [-0.4, -0.2) is 29.6 Å². The van der Waals surface area contributed by atoms with Crippen LogP contribution in [0.3, 0.4) is 0 Å². The molecule has 0 atom stereocenters. The molecule has 0 aliphatic rings. The summed E-state index contributed by atoms with van der Waals surface area (Å²) in [6.07, 6.45) is -1.15. The SMILES string of the molecule is CN(C)SSc1cc(NC(=O)O)c(N)cc1C#Cc1ccccc1. The molecule has 0 fully saturated rings. The number of nitrogens with zero attached hydrogens (tertiary/aromatic N) is 1. The molecule has 5 nitrogen and oxygen atoms in total. The van der Waals surface area contributed by atoms with E-state index in [0.717, 1.165) is 16.0 Å². The van der Waals surface area contributed by atoms with Crippen LogP contribution in [0.1, 0.15) is 11.1 Å². The molecule has 2 aromatic rings. The zero-order valence-corrected chi connectivity index (χ0v) is 14.9. The quantitative estimate of drug-likeness (QED) is 0.332. The third-order valence-corrected chi connectivity index (χ3v) is 5.33. The summed E-state index contributed by atoms with van der Waals surface area (Å²) in [6.45, 7) is 0. The summed E-state index contributed by atoms with van der Waals surface area (Å²) in [4.78, 5) is 11.7. The van der Waals surface area contributed by atoms with E-state index in [9.17, 15) is 4.79 Å². The van der Waals surface area contributed by atoms with E-state index in [2.05, 4.69) is 17.2 Å². The molecule has 0 saturated heterocycles. The van der Waals surface area contributed by atoms with Crippen LogP contribution in [0.4, 0.5) is 16.2 Å². The molecule has 0 heterocycles. The van der Waals surface area contributed by atoms with Gasteiger partial charge in [0.2, 0.25) is 0 Å². The molecule has 0 saturated carbocycles. The summed E-state index contributed by atoms with van der Waals surface area (Å²) >= 11 is 0. The van der Waals surface area contributed by atoms with Crippen molar-refractivity contribution in [2.24, 2.45) is 0 Å². The van der Waals surface area contributed by atoms with E-state index in [1.54, 1.807) is 12.1 Å². The number of nitrogen functional groups attached to an aromatic ring is 1. The van der Waals surface area contributed by atoms with Gasteiger partial charge in [-0.15, -0.1) is 0 Å². The topological polar surface area (TPSA) is 78.6 Å². The minimum Gasteiger partial charge on any atom is -0.465 e. The predicted molar refractivity (Wildman–Crippen MR) is 102 cm³/mol. The molecule has 2 aromatic carbocycles. The lowest BCUT2D eigenvalue weighted by atomic mass is 10.1. The van der Waals surface area contributed by atoms with Crippen molar-refractivity contribution in [3.8, 4) is 11.8 Å². The molecule has 0 bridgehead atoms. The third-order valence-electron chi connectivity index (χ3n) is 2.78. The van der Waals surface area contributed by atoms with E-state index < -0.39 is 6.09 Å². The molecular formula is C17H17N3O2S2. The van der Waals surface area contributed by atoms with Gasteiger partial charge in [-0.1, -0.05) is 30.0 Å². The van der Waals surface area contributed by atoms with Gasteiger partial charge in [-0.25, -0.2) is 9.10 Å². The van der Waals surface area contributed by atoms with Gasteiger partial charge in [-0.05, 0) is 60.1 Å². The van der Waals surface area contributed by atoms with E-state index >= 15 is 0 Å². The molecule has 0 radical (unpaired) electrons. The number of nitrogens with two attached hydrogens (primary N) is 1. The number of rotatable bonds is 4. The maximum Gasteiger partial charge on any atom is 0.409 e. The number of nitrogens with one attached hydrogen (secondary N) is 1. The number of anilines is 2. The highest BCUT2D eigenvalue weighted by Crippen LogP contribution is 2.38. The average molecular weight is 359 g/mol. The van der Waals surface area contributed by atoms with Gasteiger partial charge in [-0.2, -0.15) is 0 Å². The van der Waals surface area contributed by atoms with Crippen molar-refractivity contribution in [1.82, 2.24) is 4.31 Å². The van der Waals surface area contributed by atoms with Crippen LogP contribution in [0.5, 0.6) is 0 Å². The molecular weight excluding hydrogens is 342 g/mol. The van der Waals surface area contributed by atoms with E-state index in [1.807, 2.05) is 48.7 Å². The number of carboxylic acid groups (broad SMARTS) is 1. The first-order valence-corrected chi connectivity index (χ1v) is 9.09. The second-order valence-corrected chi connectivity index (χ2v) is 7.39. The second-order valence-electron chi connectivity index (χ2n) is 4.95. The van der Waals surface area contributed by atoms with Gasteiger partial charge in [0.1, 0.15) is 0 Å². The lowest BCUT2D eigenvalue weighted by Crippen LogP contribution is -2.09. The summed E-state index contributed by atoms with van der Waals surface area (Å²) in [5.74, 6) is 6.21. The number of carbonyl (C=O) groups is 1. The van der Waals surface area contributed by atoms with Gasteiger partial charge in [0, 0.05) is 16.0 Å². The number of benzene rings is 2. The van der Waals surface area contributed by atoms with Crippen molar-refractivity contribution in [3.63, 3.8) is 0 Å². The number of hydrogen-bond donors (Lipinski definition) is 3. The predicted octanol–water partition coefficient (Wildman–Crippen LogP) is 3.98. The fourth-order valence-corrected chi connectivity index (χ4v) is 3.46. The van der Waals surface area contributed by atoms with Crippen LogP contribution in [0.2, 0.25) is 0 Å². The molecule has 0 unspecified atom stereocenters. The van der Waals surface area contributed by atoms with Crippen LogP contribution in [0.25, 0.3) is 0 Å². The molecule has 4 N–H and O–H groups in total. The van der Waals surface area contributed by atoms with Gasteiger partial charge in [0.05, 0.1) is 11.4 Å². The maximum absolute atomic E-state index is 10.9. The fourth-order valence-electron chi connectivity index (χ4n) is 1.76. The summed E-state index contributed by atoms with van der Waals surface area (Å²) in [6, 6.07) is 13.0. The first-order valence-electron chi connectivity index (χ1n) is 6.98. The summed E-state index contributed by atoms with van der Waals surface area (Å²) in [5.41, 5.74) is 8.30. The Bertz CT molecular complexity index is 784. The van der Waals surface area contributed by atoms with Gasteiger partial charge < -0.3 is 10.8 Å². The first kappa shape index (κ1) is 18.1. The van der Waals surface area contributed by atoms with Crippen molar-refractivity contribution in [2.45, 2.75) is 4.90 Å².